The second-order valence-corrected chi connectivity index (χ2v) is 5.27. The van der Waals surface area contributed by atoms with Crippen molar-refractivity contribution in [2.45, 2.75) is 25.9 Å². The van der Waals surface area contributed by atoms with E-state index in [4.69, 9.17) is 4.74 Å². The number of alkyl halides is 3. The number of ether oxygens (including phenoxy) is 1. The Balaban J connectivity index is 1.74. The van der Waals surface area contributed by atoms with Gasteiger partial charge in [-0.05, 0) is 44.8 Å². The Labute approximate surface area is 116 Å². The lowest BCUT2D eigenvalue weighted by molar-refractivity contribution is -0.148. The Kier molecular flexibility index (Phi) is 4.86. The molecular formula is C14H19F3N2O. The van der Waals surface area contributed by atoms with Crippen LogP contribution in [0.4, 0.5) is 13.2 Å². The highest BCUT2D eigenvalue weighted by molar-refractivity contribution is 5.23. The monoisotopic (exact) mass is 288 g/mol. The van der Waals surface area contributed by atoms with Crippen LogP contribution in [0.15, 0.2) is 18.3 Å². The standard InChI is InChI=1S/C14H19F3N2O/c1-11-3-2-6-18-13(11)20-9-12-4-7-19(8-5-12)10-14(15,16)17/h2-3,6,12H,4-5,7-10H2,1H3. The Bertz CT molecular complexity index is 429. The van der Waals surface area contributed by atoms with Crippen molar-refractivity contribution in [2.24, 2.45) is 5.92 Å². The van der Waals surface area contributed by atoms with E-state index >= 15 is 0 Å². The molecule has 1 saturated heterocycles. The van der Waals surface area contributed by atoms with Gasteiger partial charge in [0.1, 0.15) is 0 Å². The van der Waals surface area contributed by atoms with Crippen LogP contribution in [-0.2, 0) is 0 Å². The molecule has 0 amide bonds. The maximum absolute atomic E-state index is 12.3. The summed E-state index contributed by atoms with van der Waals surface area (Å²) < 4.78 is 42.5. The molecular weight excluding hydrogens is 269 g/mol. The Morgan fingerprint density at radius 2 is 2.05 bits per heavy atom. The number of likely N-dealkylation sites (tertiary alicyclic amines) is 1. The number of piperidine rings is 1. The molecule has 0 radical (unpaired) electrons. The minimum Gasteiger partial charge on any atom is -0.477 e. The van der Waals surface area contributed by atoms with Crippen LogP contribution in [0.2, 0.25) is 0 Å². The van der Waals surface area contributed by atoms with Crippen LogP contribution in [-0.4, -0.2) is 42.3 Å². The summed E-state index contributed by atoms with van der Waals surface area (Å²) in [5.41, 5.74) is 0.974. The van der Waals surface area contributed by atoms with Gasteiger partial charge in [0.15, 0.2) is 0 Å². The van der Waals surface area contributed by atoms with Gasteiger partial charge < -0.3 is 4.74 Å². The lowest BCUT2D eigenvalue weighted by Gasteiger charge is -2.32. The number of aryl methyl sites for hydroxylation is 1. The van der Waals surface area contributed by atoms with E-state index in [1.807, 2.05) is 19.1 Å². The first-order valence-corrected chi connectivity index (χ1v) is 6.77. The van der Waals surface area contributed by atoms with Gasteiger partial charge in [-0.1, -0.05) is 6.07 Å². The van der Waals surface area contributed by atoms with Gasteiger partial charge in [-0.3, -0.25) is 4.90 Å². The molecule has 2 heterocycles. The molecule has 0 bridgehead atoms. The van der Waals surface area contributed by atoms with Gasteiger partial charge in [0, 0.05) is 11.8 Å². The predicted octanol–water partition coefficient (Wildman–Crippen LogP) is 3.04. The molecule has 1 fully saturated rings. The summed E-state index contributed by atoms with van der Waals surface area (Å²) in [6, 6.07) is 3.77. The highest BCUT2D eigenvalue weighted by atomic mass is 19.4. The summed E-state index contributed by atoms with van der Waals surface area (Å²) in [7, 11) is 0. The smallest absolute Gasteiger partial charge is 0.401 e. The second-order valence-electron chi connectivity index (χ2n) is 5.27. The molecule has 1 aliphatic rings. The Morgan fingerprint density at radius 3 is 2.65 bits per heavy atom. The van der Waals surface area contributed by atoms with Crippen molar-refractivity contribution in [3.05, 3.63) is 23.9 Å². The largest absolute Gasteiger partial charge is 0.477 e. The van der Waals surface area contributed by atoms with Crippen LogP contribution in [0.3, 0.4) is 0 Å². The third kappa shape index (κ3) is 4.67. The van der Waals surface area contributed by atoms with Crippen LogP contribution >= 0.6 is 0 Å². The van der Waals surface area contributed by atoms with Gasteiger partial charge in [-0.2, -0.15) is 13.2 Å². The van der Waals surface area contributed by atoms with Crippen molar-refractivity contribution in [3.63, 3.8) is 0 Å². The van der Waals surface area contributed by atoms with Gasteiger partial charge >= 0.3 is 6.18 Å². The molecule has 0 saturated carbocycles. The lowest BCUT2D eigenvalue weighted by Crippen LogP contribution is -2.41. The molecule has 2 rings (SSSR count). The minimum atomic E-state index is -4.10. The molecule has 3 nitrogen and oxygen atoms in total. The fraction of sp³-hybridized carbons (Fsp3) is 0.643. The lowest BCUT2D eigenvalue weighted by atomic mass is 9.98. The third-order valence-corrected chi connectivity index (χ3v) is 3.53. The summed E-state index contributed by atoms with van der Waals surface area (Å²) in [6.07, 6.45) is -0.952. The molecule has 1 aromatic rings. The fourth-order valence-corrected chi connectivity index (χ4v) is 2.38. The average molecular weight is 288 g/mol. The topological polar surface area (TPSA) is 25.4 Å². The summed E-state index contributed by atoms with van der Waals surface area (Å²) in [5.74, 6) is 0.922. The zero-order valence-corrected chi connectivity index (χ0v) is 11.5. The van der Waals surface area contributed by atoms with Crippen LogP contribution in [0.1, 0.15) is 18.4 Å². The van der Waals surface area contributed by atoms with Gasteiger partial charge in [-0.25, -0.2) is 4.98 Å². The molecule has 0 unspecified atom stereocenters. The van der Waals surface area contributed by atoms with Crippen LogP contribution in [0.5, 0.6) is 5.88 Å². The average Bonchev–Trinajstić information content (AvgIpc) is 2.38. The summed E-state index contributed by atoms with van der Waals surface area (Å²) in [6.45, 7) is 2.61. The predicted molar refractivity (Wildman–Crippen MR) is 69.7 cm³/mol. The minimum absolute atomic E-state index is 0.306. The second kappa shape index (κ2) is 6.43. The first kappa shape index (κ1) is 15.1. The molecule has 0 aromatic carbocycles. The van der Waals surface area contributed by atoms with Gasteiger partial charge in [0.2, 0.25) is 5.88 Å². The number of halogens is 3. The molecule has 6 heteroatoms. The molecule has 0 N–H and O–H groups in total. The molecule has 1 aliphatic heterocycles. The summed E-state index contributed by atoms with van der Waals surface area (Å²) in [4.78, 5) is 5.61. The molecule has 1 aromatic heterocycles. The van der Waals surface area contributed by atoms with E-state index in [0.717, 1.165) is 18.4 Å². The van der Waals surface area contributed by atoms with Crippen molar-refractivity contribution in [2.75, 3.05) is 26.2 Å². The van der Waals surface area contributed by atoms with Gasteiger partial charge in [-0.15, -0.1) is 0 Å². The number of hydrogen-bond donors (Lipinski definition) is 0. The Hall–Kier alpha value is -1.30. The number of hydrogen-bond acceptors (Lipinski definition) is 3. The van der Waals surface area contributed by atoms with E-state index in [1.54, 1.807) is 6.20 Å². The van der Waals surface area contributed by atoms with E-state index in [0.29, 0.717) is 31.5 Å². The van der Waals surface area contributed by atoms with E-state index in [2.05, 4.69) is 4.98 Å². The maximum atomic E-state index is 12.3. The number of aromatic nitrogens is 1. The van der Waals surface area contributed by atoms with E-state index in [9.17, 15) is 13.2 Å². The molecule has 0 atom stereocenters. The number of rotatable bonds is 4. The van der Waals surface area contributed by atoms with Crippen LogP contribution in [0, 0.1) is 12.8 Å². The zero-order chi connectivity index (χ0) is 14.6. The van der Waals surface area contributed by atoms with Crippen LogP contribution < -0.4 is 4.74 Å². The first-order valence-electron chi connectivity index (χ1n) is 6.77. The third-order valence-electron chi connectivity index (χ3n) is 3.53. The summed E-state index contributed by atoms with van der Waals surface area (Å²) in [5, 5.41) is 0. The van der Waals surface area contributed by atoms with E-state index < -0.39 is 12.7 Å². The summed E-state index contributed by atoms with van der Waals surface area (Å²) >= 11 is 0. The highest BCUT2D eigenvalue weighted by Crippen LogP contribution is 2.23. The molecule has 0 aliphatic carbocycles. The molecule has 0 spiro atoms. The van der Waals surface area contributed by atoms with Crippen molar-refractivity contribution < 1.29 is 17.9 Å². The molecule has 20 heavy (non-hydrogen) atoms. The van der Waals surface area contributed by atoms with Gasteiger partial charge in [0.25, 0.3) is 0 Å². The number of pyridine rings is 1. The van der Waals surface area contributed by atoms with E-state index in [-0.39, 0.29) is 0 Å². The first-order chi connectivity index (χ1) is 9.44. The van der Waals surface area contributed by atoms with Crippen molar-refractivity contribution in [3.8, 4) is 5.88 Å². The molecule has 112 valence electrons. The number of nitrogens with zero attached hydrogens (tertiary/aromatic N) is 2. The van der Waals surface area contributed by atoms with Gasteiger partial charge in [0.05, 0.1) is 13.2 Å². The van der Waals surface area contributed by atoms with Crippen molar-refractivity contribution in [1.29, 1.82) is 0 Å². The highest BCUT2D eigenvalue weighted by Gasteiger charge is 2.32. The van der Waals surface area contributed by atoms with Crippen molar-refractivity contribution in [1.82, 2.24) is 9.88 Å². The quantitative estimate of drug-likeness (QED) is 0.851. The SMILES string of the molecule is Cc1cccnc1OCC1CCN(CC(F)(F)F)CC1. The van der Waals surface area contributed by atoms with Crippen molar-refractivity contribution >= 4 is 0 Å². The van der Waals surface area contributed by atoms with E-state index in [1.165, 1.54) is 4.90 Å². The fourth-order valence-electron chi connectivity index (χ4n) is 2.38. The normalized spacial score (nSPS) is 18.2. The Morgan fingerprint density at radius 1 is 1.35 bits per heavy atom. The maximum Gasteiger partial charge on any atom is 0.401 e. The zero-order valence-electron chi connectivity index (χ0n) is 11.5. The van der Waals surface area contributed by atoms with Crippen LogP contribution in [0.25, 0.3) is 0 Å².